The minimum absolute atomic E-state index is 0.407. The average Bonchev–Trinajstić information content (AvgIpc) is 2.76. The Labute approximate surface area is 107 Å². The predicted octanol–water partition coefficient (Wildman–Crippen LogP) is 2.09. The molecule has 0 aromatic heterocycles. The normalized spacial score (nSPS) is 20.7. The summed E-state index contributed by atoms with van der Waals surface area (Å²) < 4.78 is 5.25. The van der Waals surface area contributed by atoms with Crippen LogP contribution < -0.4 is 0 Å². The second kappa shape index (κ2) is 6.00. The van der Waals surface area contributed by atoms with E-state index in [1.165, 1.54) is 5.57 Å². The number of rotatable bonds is 5. The molecule has 0 saturated heterocycles. The molecule has 0 fully saturated rings. The number of ether oxygens (including phenoxy) is 1. The predicted molar refractivity (Wildman–Crippen MR) is 68.3 cm³/mol. The SMILES string of the molecule is CC1COC=C1CN(C)OC(O)c1ccccc1. The molecule has 98 valence electrons. The number of benzene rings is 1. The maximum Gasteiger partial charge on any atom is 0.201 e. The molecule has 1 aromatic carbocycles. The van der Waals surface area contributed by atoms with Gasteiger partial charge in [0.25, 0.3) is 0 Å². The first-order chi connectivity index (χ1) is 8.66. The number of aliphatic hydroxyl groups is 1. The van der Waals surface area contributed by atoms with E-state index in [4.69, 9.17) is 9.57 Å². The molecule has 1 aliphatic rings. The molecule has 1 N–H and O–H groups in total. The summed E-state index contributed by atoms with van der Waals surface area (Å²) in [5, 5.41) is 11.5. The van der Waals surface area contributed by atoms with Crippen molar-refractivity contribution in [3.8, 4) is 0 Å². The highest BCUT2D eigenvalue weighted by Crippen LogP contribution is 2.21. The Morgan fingerprint density at radius 3 is 2.78 bits per heavy atom. The molecule has 18 heavy (non-hydrogen) atoms. The van der Waals surface area contributed by atoms with Gasteiger partial charge in [-0.25, -0.2) is 0 Å². The third-order valence-corrected chi connectivity index (χ3v) is 2.98. The molecule has 0 amide bonds. The number of aliphatic hydroxyl groups excluding tert-OH is 1. The van der Waals surface area contributed by atoms with Crippen LogP contribution in [0, 0.1) is 5.92 Å². The number of nitrogens with zero attached hydrogens (tertiary/aromatic N) is 1. The molecule has 2 rings (SSSR count). The van der Waals surface area contributed by atoms with Crippen LogP contribution in [0.3, 0.4) is 0 Å². The van der Waals surface area contributed by atoms with E-state index in [1.54, 1.807) is 18.4 Å². The van der Waals surface area contributed by atoms with Crippen LogP contribution in [0.25, 0.3) is 0 Å². The molecular weight excluding hydrogens is 230 g/mol. The van der Waals surface area contributed by atoms with E-state index in [0.29, 0.717) is 12.5 Å². The van der Waals surface area contributed by atoms with Crippen LogP contribution in [0.4, 0.5) is 0 Å². The Morgan fingerprint density at radius 1 is 1.44 bits per heavy atom. The van der Waals surface area contributed by atoms with Crippen molar-refractivity contribution >= 4 is 0 Å². The van der Waals surface area contributed by atoms with Gasteiger partial charge in [-0.2, -0.15) is 5.06 Å². The maximum absolute atomic E-state index is 9.92. The quantitative estimate of drug-likeness (QED) is 0.641. The van der Waals surface area contributed by atoms with Crippen LogP contribution in [-0.4, -0.2) is 30.4 Å². The van der Waals surface area contributed by atoms with Crippen molar-refractivity contribution in [3.63, 3.8) is 0 Å². The van der Waals surface area contributed by atoms with Crippen molar-refractivity contribution < 1.29 is 14.7 Å². The largest absolute Gasteiger partial charge is 0.501 e. The summed E-state index contributed by atoms with van der Waals surface area (Å²) in [7, 11) is 1.80. The lowest BCUT2D eigenvalue weighted by Crippen LogP contribution is -2.25. The van der Waals surface area contributed by atoms with Gasteiger partial charge in [0.05, 0.1) is 12.9 Å². The Bertz CT molecular complexity index is 405. The molecule has 4 nitrogen and oxygen atoms in total. The average molecular weight is 249 g/mol. The lowest BCUT2D eigenvalue weighted by Gasteiger charge is -2.22. The third-order valence-electron chi connectivity index (χ3n) is 2.98. The number of likely N-dealkylation sites (N-methyl/N-ethyl adjacent to an activating group) is 1. The molecule has 0 aliphatic carbocycles. The van der Waals surface area contributed by atoms with Gasteiger partial charge in [-0.3, -0.25) is 4.84 Å². The summed E-state index contributed by atoms with van der Waals surface area (Å²) >= 11 is 0. The minimum atomic E-state index is -0.936. The van der Waals surface area contributed by atoms with Gasteiger partial charge in [-0.15, -0.1) is 0 Å². The van der Waals surface area contributed by atoms with Gasteiger partial charge < -0.3 is 9.84 Å². The van der Waals surface area contributed by atoms with Crippen molar-refractivity contribution in [1.82, 2.24) is 5.06 Å². The molecule has 0 spiro atoms. The second-order valence-electron chi connectivity index (χ2n) is 4.58. The highest BCUT2D eigenvalue weighted by molar-refractivity contribution is 5.15. The Morgan fingerprint density at radius 2 is 2.17 bits per heavy atom. The van der Waals surface area contributed by atoms with E-state index in [9.17, 15) is 5.11 Å². The van der Waals surface area contributed by atoms with Crippen LogP contribution >= 0.6 is 0 Å². The fraction of sp³-hybridized carbons (Fsp3) is 0.429. The third kappa shape index (κ3) is 3.32. The zero-order chi connectivity index (χ0) is 13.0. The minimum Gasteiger partial charge on any atom is -0.501 e. The van der Waals surface area contributed by atoms with Gasteiger partial charge in [0, 0.05) is 25.1 Å². The molecule has 2 unspecified atom stereocenters. The first kappa shape index (κ1) is 13.1. The van der Waals surface area contributed by atoms with E-state index in [1.807, 2.05) is 30.3 Å². The van der Waals surface area contributed by atoms with Crippen molar-refractivity contribution in [3.05, 3.63) is 47.7 Å². The topological polar surface area (TPSA) is 41.9 Å². The first-order valence-corrected chi connectivity index (χ1v) is 6.08. The molecule has 1 aromatic rings. The fourth-order valence-corrected chi connectivity index (χ4v) is 1.86. The number of hydrogen-bond donors (Lipinski definition) is 1. The van der Waals surface area contributed by atoms with E-state index in [0.717, 1.165) is 12.2 Å². The lowest BCUT2D eigenvalue weighted by molar-refractivity contribution is -0.254. The van der Waals surface area contributed by atoms with E-state index < -0.39 is 6.29 Å². The van der Waals surface area contributed by atoms with E-state index in [-0.39, 0.29) is 0 Å². The Kier molecular flexibility index (Phi) is 4.36. The van der Waals surface area contributed by atoms with Gasteiger partial charge in [0.15, 0.2) is 0 Å². The standard InChI is InChI=1S/C14H19NO3/c1-11-9-17-10-13(11)8-15(2)18-14(16)12-6-4-3-5-7-12/h3-7,10-11,14,16H,8-9H2,1-2H3. The summed E-state index contributed by atoms with van der Waals surface area (Å²) in [5.74, 6) is 0.407. The molecule has 0 bridgehead atoms. The molecule has 1 aliphatic heterocycles. The molecule has 1 heterocycles. The molecule has 0 saturated carbocycles. The van der Waals surface area contributed by atoms with Crippen LogP contribution in [0.2, 0.25) is 0 Å². The van der Waals surface area contributed by atoms with E-state index in [2.05, 4.69) is 6.92 Å². The Balaban J connectivity index is 1.86. The first-order valence-electron chi connectivity index (χ1n) is 6.08. The summed E-state index contributed by atoms with van der Waals surface area (Å²) in [6.07, 6.45) is 0.841. The summed E-state index contributed by atoms with van der Waals surface area (Å²) in [6.45, 7) is 3.47. The number of hydrogen-bond acceptors (Lipinski definition) is 4. The van der Waals surface area contributed by atoms with Crippen LogP contribution in [0.5, 0.6) is 0 Å². The molecule has 2 atom stereocenters. The highest BCUT2D eigenvalue weighted by atomic mass is 16.7. The van der Waals surface area contributed by atoms with Crippen molar-refractivity contribution in [2.75, 3.05) is 20.2 Å². The lowest BCUT2D eigenvalue weighted by atomic mass is 10.1. The van der Waals surface area contributed by atoms with Crippen molar-refractivity contribution in [2.45, 2.75) is 13.2 Å². The van der Waals surface area contributed by atoms with Crippen LogP contribution in [0.1, 0.15) is 18.8 Å². The van der Waals surface area contributed by atoms with Crippen molar-refractivity contribution in [2.24, 2.45) is 5.92 Å². The fourth-order valence-electron chi connectivity index (χ4n) is 1.86. The van der Waals surface area contributed by atoms with E-state index >= 15 is 0 Å². The molecular formula is C14H19NO3. The zero-order valence-electron chi connectivity index (χ0n) is 10.7. The van der Waals surface area contributed by atoms with Gasteiger partial charge in [-0.1, -0.05) is 37.3 Å². The van der Waals surface area contributed by atoms with Crippen molar-refractivity contribution in [1.29, 1.82) is 0 Å². The summed E-state index contributed by atoms with van der Waals surface area (Å²) in [6, 6.07) is 9.31. The smallest absolute Gasteiger partial charge is 0.201 e. The molecule has 4 heteroatoms. The van der Waals surface area contributed by atoms with Crippen LogP contribution in [0.15, 0.2) is 42.2 Å². The number of hydroxylamine groups is 2. The second-order valence-corrected chi connectivity index (χ2v) is 4.58. The summed E-state index contributed by atoms with van der Waals surface area (Å²) in [4.78, 5) is 5.44. The Hall–Kier alpha value is -1.36. The van der Waals surface area contributed by atoms with Crippen LogP contribution in [-0.2, 0) is 9.57 Å². The maximum atomic E-state index is 9.92. The molecule has 0 radical (unpaired) electrons. The van der Waals surface area contributed by atoms with Gasteiger partial charge in [-0.05, 0) is 5.57 Å². The highest BCUT2D eigenvalue weighted by Gasteiger charge is 2.19. The van der Waals surface area contributed by atoms with Gasteiger partial charge >= 0.3 is 0 Å². The van der Waals surface area contributed by atoms with Gasteiger partial charge in [0.1, 0.15) is 0 Å². The zero-order valence-corrected chi connectivity index (χ0v) is 10.7. The van der Waals surface area contributed by atoms with Gasteiger partial charge in [0.2, 0.25) is 6.29 Å². The monoisotopic (exact) mass is 249 g/mol. The summed E-state index contributed by atoms with van der Waals surface area (Å²) in [5.41, 5.74) is 1.92.